The number of anilines is 1. The smallest absolute Gasteiger partial charge is 0.128 e. The Morgan fingerprint density at radius 2 is 1.86 bits per heavy atom. The number of hydrogen-bond donors (Lipinski definition) is 1. The van der Waals surface area contributed by atoms with Gasteiger partial charge in [-0.15, -0.1) is 0 Å². The largest absolute Gasteiger partial charge is 0.378 e. The Labute approximate surface area is 126 Å². The molecule has 0 fully saturated rings. The first-order chi connectivity index (χ1) is 10.3. The molecule has 0 aromatic heterocycles. The van der Waals surface area contributed by atoms with Crippen molar-refractivity contribution in [3.8, 4) is 0 Å². The first kappa shape index (κ1) is 14.1. The molecule has 1 N–H and O–H groups in total. The summed E-state index contributed by atoms with van der Waals surface area (Å²) in [4.78, 5) is 0. The molecule has 2 heteroatoms. The van der Waals surface area contributed by atoms with Crippen LogP contribution in [-0.2, 0) is 12.8 Å². The summed E-state index contributed by atoms with van der Waals surface area (Å²) in [5.41, 5.74) is 4.82. The lowest BCUT2D eigenvalue weighted by atomic mass is 9.90. The maximum absolute atomic E-state index is 14.0. The highest BCUT2D eigenvalue weighted by Gasteiger charge is 2.17. The van der Waals surface area contributed by atoms with E-state index in [1.54, 1.807) is 12.1 Å². The first-order valence-corrected chi connectivity index (χ1v) is 7.91. The topological polar surface area (TPSA) is 12.0 Å². The van der Waals surface area contributed by atoms with E-state index in [0.29, 0.717) is 0 Å². The summed E-state index contributed by atoms with van der Waals surface area (Å²) >= 11 is 0. The Bertz CT molecular complexity index is 621. The zero-order valence-electron chi connectivity index (χ0n) is 12.5. The third kappa shape index (κ3) is 2.94. The summed E-state index contributed by atoms with van der Waals surface area (Å²) in [5.74, 6) is -0.123. The predicted octanol–water partition coefficient (Wildman–Crippen LogP) is 5.27. The Morgan fingerprint density at radius 1 is 1.05 bits per heavy atom. The summed E-state index contributed by atoms with van der Waals surface area (Å²) in [5, 5.41) is 3.57. The number of fused-ring (bicyclic) bond motifs is 1. The lowest BCUT2D eigenvalue weighted by Crippen LogP contribution is -2.14. The standard InChI is InChI=1S/C19H22FN/c1-2-18(16-11-5-6-12-17(16)20)21-19-13-7-9-14-8-3-4-10-15(14)19/h5-7,9,11-13,18,21H,2-4,8,10H2,1H3. The van der Waals surface area contributed by atoms with Gasteiger partial charge in [0.15, 0.2) is 0 Å². The Balaban J connectivity index is 1.90. The normalized spacial score (nSPS) is 15.3. The summed E-state index contributed by atoms with van der Waals surface area (Å²) in [6.45, 7) is 2.10. The molecule has 1 nitrogen and oxygen atoms in total. The molecule has 0 spiro atoms. The molecule has 0 radical (unpaired) electrons. The van der Waals surface area contributed by atoms with E-state index in [9.17, 15) is 4.39 Å². The second-order valence-electron chi connectivity index (χ2n) is 5.78. The van der Waals surface area contributed by atoms with Crippen LogP contribution in [0.3, 0.4) is 0 Å². The van der Waals surface area contributed by atoms with Gasteiger partial charge in [-0.1, -0.05) is 37.3 Å². The van der Waals surface area contributed by atoms with Crippen molar-refractivity contribution in [2.24, 2.45) is 0 Å². The van der Waals surface area contributed by atoms with Crippen LogP contribution >= 0.6 is 0 Å². The molecule has 2 aromatic rings. The lowest BCUT2D eigenvalue weighted by Gasteiger charge is -2.25. The number of rotatable bonds is 4. The van der Waals surface area contributed by atoms with E-state index in [2.05, 4.69) is 30.4 Å². The van der Waals surface area contributed by atoms with Gasteiger partial charge in [0.05, 0.1) is 6.04 Å². The van der Waals surface area contributed by atoms with E-state index in [0.717, 1.165) is 18.4 Å². The van der Waals surface area contributed by atoms with E-state index >= 15 is 0 Å². The first-order valence-electron chi connectivity index (χ1n) is 7.91. The minimum absolute atomic E-state index is 0.0274. The summed E-state index contributed by atoms with van der Waals surface area (Å²) < 4.78 is 14.0. The molecular formula is C19H22FN. The van der Waals surface area contributed by atoms with Crippen molar-refractivity contribution in [3.63, 3.8) is 0 Å². The van der Waals surface area contributed by atoms with E-state index in [4.69, 9.17) is 0 Å². The Morgan fingerprint density at radius 3 is 2.67 bits per heavy atom. The van der Waals surface area contributed by atoms with E-state index < -0.39 is 0 Å². The van der Waals surface area contributed by atoms with Crippen LogP contribution in [0.15, 0.2) is 42.5 Å². The number of aryl methyl sites for hydroxylation is 1. The van der Waals surface area contributed by atoms with Crippen LogP contribution < -0.4 is 5.32 Å². The number of hydrogen-bond acceptors (Lipinski definition) is 1. The zero-order chi connectivity index (χ0) is 14.7. The summed E-state index contributed by atoms with van der Waals surface area (Å²) in [7, 11) is 0. The van der Waals surface area contributed by atoms with Crippen LogP contribution in [0.2, 0.25) is 0 Å². The minimum atomic E-state index is -0.123. The summed E-state index contributed by atoms with van der Waals surface area (Å²) in [6.07, 6.45) is 5.70. The van der Waals surface area contributed by atoms with Crippen molar-refractivity contribution in [2.45, 2.75) is 45.1 Å². The van der Waals surface area contributed by atoms with Gasteiger partial charge in [0.1, 0.15) is 5.82 Å². The van der Waals surface area contributed by atoms with Crippen molar-refractivity contribution >= 4 is 5.69 Å². The predicted molar refractivity (Wildman–Crippen MR) is 86.1 cm³/mol. The van der Waals surface area contributed by atoms with Crippen LogP contribution in [0.25, 0.3) is 0 Å². The van der Waals surface area contributed by atoms with Crippen molar-refractivity contribution in [3.05, 3.63) is 65.0 Å². The average molecular weight is 283 g/mol. The molecule has 1 atom stereocenters. The molecule has 0 saturated carbocycles. The monoisotopic (exact) mass is 283 g/mol. The quantitative estimate of drug-likeness (QED) is 0.806. The molecule has 0 aliphatic heterocycles. The molecule has 1 aliphatic carbocycles. The van der Waals surface area contributed by atoms with Gasteiger partial charge in [-0.2, -0.15) is 0 Å². The molecule has 0 bridgehead atoms. The van der Waals surface area contributed by atoms with Gasteiger partial charge >= 0.3 is 0 Å². The van der Waals surface area contributed by atoms with Crippen LogP contribution in [0.4, 0.5) is 10.1 Å². The number of benzene rings is 2. The molecule has 1 aliphatic rings. The Hall–Kier alpha value is -1.83. The highest BCUT2D eigenvalue weighted by atomic mass is 19.1. The third-order valence-electron chi connectivity index (χ3n) is 4.41. The van der Waals surface area contributed by atoms with Crippen LogP contribution in [-0.4, -0.2) is 0 Å². The van der Waals surface area contributed by atoms with Gasteiger partial charge < -0.3 is 5.32 Å². The van der Waals surface area contributed by atoms with Crippen molar-refractivity contribution in [1.29, 1.82) is 0 Å². The highest BCUT2D eigenvalue weighted by molar-refractivity contribution is 5.57. The maximum atomic E-state index is 14.0. The molecule has 0 heterocycles. The average Bonchev–Trinajstić information content (AvgIpc) is 2.53. The molecule has 1 unspecified atom stereocenters. The molecule has 3 rings (SSSR count). The maximum Gasteiger partial charge on any atom is 0.128 e. The van der Waals surface area contributed by atoms with Crippen LogP contribution in [0, 0.1) is 5.82 Å². The van der Waals surface area contributed by atoms with Crippen LogP contribution in [0.5, 0.6) is 0 Å². The Kier molecular flexibility index (Phi) is 4.23. The third-order valence-corrected chi connectivity index (χ3v) is 4.41. The molecule has 0 amide bonds. The molecule has 0 saturated heterocycles. The zero-order valence-corrected chi connectivity index (χ0v) is 12.5. The van der Waals surface area contributed by atoms with Gasteiger partial charge in [-0.05, 0) is 55.4 Å². The fourth-order valence-corrected chi connectivity index (χ4v) is 3.26. The summed E-state index contributed by atoms with van der Waals surface area (Å²) in [6, 6.07) is 13.6. The second kappa shape index (κ2) is 6.30. The molecule has 21 heavy (non-hydrogen) atoms. The van der Waals surface area contributed by atoms with Crippen LogP contribution in [0.1, 0.15) is 48.9 Å². The SMILES string of the molecule is CCC(Nc1cccc2c1CCCC2)c1ccccc1F. The van der Waals surface area contributed by atoms with Crippen molar-refractivity contribution in [2.75, 3.05) is 5.32 Å². The fourth-order valence-electron chi connectivity index (χ4n) is 3.26. The van der Waals surface area contributed by atoms with Gasteiger partial charge in [-0.25, -0.2) is 4.39 Å². The number of nitrogens with one attached hydrogen (secondary N) is 1. The molecule has 2 aromatic carbocycles. The van der Waals surface area contributed by atoms with Crippen molar-refractivity contribution < 1.29 is 4.39 Å². The molecular weight excluding hydrogens is 261 g/mol. The molecule has 110 valence electrons. The second-order valence-corrected chi connectivity index (χ2v) is 5.78. The fraction of sp³-hybridized carbons (Fsp3) is 0.368. The lowest BCUT2D eigenvalue weighted by molar-refractivity contribution is 0.586. The van der Waals surface area contributed by atoms with E-state index in [-0.39, 0.29) is 11.9 Å². The van der Waals surface area contributed by atoms with Gasteiger partial charge in [0.25, 0.3) is 0 Å². The van der Waals surface area contributed by atoms with E-state index in [1.807, 2.05) is 12.1 Å². The van der Waals surface area contributed by atoms with Gasteiger partial charge in [0, 0.05) is 11.3 Å². The van der Waals surface area contributed by atoms with Crippen molar-refractivity contribution in [1.82, 2.24) is 0 Å². The van der Waals surface area contributed by atoms with Gasteiger partial charge in [-0.3, -0.25) is 0 Å². The van der Waals surface area contributed by atoms with Gasteiger partial charge in [0.2, 0.25) is 0 Å². The number of halogens is 1. The van der Waals surface area contributed by atoms with E-state index in [1.165, 1.54) is 36.1 Å². The minimum Gasteiger partial charge on any atom is -0.378 e. The highest BCUT2D eigenvalue weighted by Crippen LogP contribution is 2.31.